The SMILES string of the molecule is C=C1CC([C@H](O)C(=O)N[C@H](CCC(F)(F)C(C)(C)C(O)CC(O)CCCC/C=C/C=C/C=C/C(=O)N[C@@H](CCCN=C(N)N)C(=O)O)OC)O[C@H](C)C1C. The number of carboxylic acids is 1. The van der Waals surface area contributed by atoms with Gasteiger partial charge < -0.3 is 52.0 Å². The van der Waals surface area contributed by atoms with Gasteiger partial charge in [0.1, 0.15) is 12.3 Å². The van der Waals surface area contributed by atoms with Gasteiger partial charge in [-0.2, -0.15) is 0 Å². The van der Waals surface area contributed by atoms with Crippen LogP contribution < -0.4 is 22.1 Å². The minimum absolute atomic E-state index is 0.0681. The van der Waals surface area contributed by atoms with Gasteiger partial charge in [0.15, 0.2) is 12.1 Å². The average Bonchev–Trinajstić information content (AvgIpc) is 3.09. The number of nitrogens with one attached hydrogen (secondary N) is 2. The topological polar surface area (TPSA) is 239 Å². The Labute approximate surface area is 317 Å². The van der Waals surface area contributed by atoms with Crippen LogP contribution in [0.5, 0.6) is 0 Å². The molecule has 16 heteroatoms. The number of aliphatic carboxylic acids is 1. The summed E-state index contributed by atoms with van der Waals surface area (Å²) in [5, 5.41) is 46.0. The number of guanidine groups is 1. The third-order valence-corrected chi connectivity index (χ3v) is 9.84. The van der Waals surface area contributed by atoms with E-state index in [0.29, 0.717) is 32.1 Å². The largest absolute Gasteiger partial charge is 0.480 e. The molecule has 1 fully saturated rings. The van der Waals surface area contributed by atoms with Gasteiger partial charge in [0, 0.05) is 32.1 Å². The highest BCUT2D eigenvalue weighted by Crippen LogP contribution is 2.44. The summed E-state index contributed by atoms with van der Waals surface area (Å²) in [4.78, 5) is 39.9. The number of ether oxygens (including phenoxy) is 2. The molecule has 1 heterocycles. The molecule has 1 rings (SSSR count). The number of carboxylic acid groups (broad SMARTS) is 1. The van der Waals surface area contributed by atoms with Crippen LogP contribution >= 0.6 is 0 Å². The zero-order chi connectivity index (χ0) is 41.1. The van der Waals surface area contributed by atoms with Gasteiger partial charge in [-0.05, 0) is 58.3 Å². The van der Waals surface area contributed by atoms with Crippen LogP contribution in [0.25, 0.3) is 0 Å². The van der Waals surface area contributed by atoms with E-state index in [1.165, 1.54) is 33.1 Å². The van der Waals surface area contributed by atoms with Crippen molar-refractivity contribution in [3.63, 3.8) is 0 Å². The van der Waals surface area contributed by atoms with E-state index in [2.05, 4.69) is 22.2 Å². The van der Waals surface area contributed by atoms with Gasteiger partial charge in [0.2, 0.25) is 5.91 Å². The van der Waals surface area contributed by atoms with Crippen molar-refractivity contribution < 1.29 is 53.1 Å². The van der Waals surface area contributed by atoms with Crippen molar-refractivity contribution in [2.45, 2.75) is 141 Å². The predicted octanol–water partition coefficient (Wildman–Crippen LogP) is 3.21. The van der Waals surface area contributed by atoms with Crippen molar-refractivity contribution in [3.8, 4) is 0 Å². The number of amides is 2. The molecule has 2 amide bonds. The number of allylic oxidation sites excluding steroid dienone is 5. The Morgan fingerprint density at radius 3 is 2.31 bits per heavy atom. The van der Waals surface area contributed by atoms with E-state index in [1.807, 2.05) is 19.9 Å². The fourth-order valence-corrected chi connectivity index (χ4v) is 5.68. The Kier molecular flexibility index (Phi) is 21.4. The van der Waals surface area contributed by atoms with Crippen LogP contribution in [-0.4, -0.2) is 107 Å². The van der Waals surface area contributed by atoms with E-state index in [0.717, 1.165) is 5.57 Å². The Balaban J connectivity index is 2.44. The van der Waals surface area contributed by atoms with Crippen molar-refractivity contribution in [2.75, 3.05) is 13.7 Å². The van der Waals surface area contributed by atoms with Gasteiger partial charge in [-0.15, -0.1) is 0 Å². The summed E-state index contributed by atoms with van der Waals surface area (Å²) >= 11 is 0. The number of hydrogen-bond acceptors (Lipinski definition) is 9. The zero-order valence-corrected chi connectivity index (χ0v) is 32.3. The molecule has 0 saturated carbocycles. The Hall–Kier alpha value is -3.70. The highest BCUT2D eigenvalue weighted by Gasteiger charge is 2.51. The van der Waals surface area contributed by atoms with Crippen LogP contribution in [0.1, 0.15) is 91.9 Å². The minimum Gasteiger partial charge on any atom is -0.480 e. The van der Waals surface area contributed by atoms with Crippen LogP contribution in [0.15, 0.2) is 53.6 Å². The molecule has 308 valence electrons. The van der Waals surface area contributed by atoms with E-state index in [4.69, 9.17) is 20.9 Å². The highest BCUT2D eigenvalue weighted by atomic mass is 19.3. The lowest BCUT2D eigenvalue weighted by Gasteiger charge is -2.39. The Morgan fingerprint density at radius 1 is 1.04 bits per heavy atom. The first-order valence-electron chi connectivity index (χ1n) is 18.4. The lowest BCUT2D eigenvalue weighted by Crippen LogP contribution is -2.51. The monoisotopic (exact) mass is 771 g/mol. The van der Waals surface area contributed by atoms with Gasteiger partial charge >= 0.3 is 5.97 Å². The fourth-order valence-electron chi connectivity index (χ4n) is 5.68. The molecular formula is C38H63F2N5O9. The van der Waals surface area contributed by atoms with E-state index in [-0.39, 0.29) is 50.2 Å². The van der Waals surface area contributed by atoms with E-state index in [1.54, 1.807) is 18.2 Å². The summed E-state index contributed by atoms with van der Waals surface area (Å²) in [5.41, 5.74) is 9.41. The number of aliphatic imine (C=N–C) groups is 1. The summed E-state index contributed by atoms with van der Waals surface area (Å²) in [6.45, 7) is 10.5. The molecule has 0 aromatic carbocycles. The normalized spacial score (nSPS) is 21.1. The number of methoxy groups -OCH3 is 1. The zero-order valence-electron chi connectivity index (χ0n) is 32.3. The number of alkyl halides is 2. The van der Waals surface area contributed by atoms with Crippen LogP contribution in [0, 0.1) is 11.3 Å². The third-order valence-electron chi connectivity index (χ3n) is 9.84. The molecule has 1 aliphatic heterocycles. The number of rotatable bonds is 25. The molecule has 1 saturated heterocycles. The molecule has 1 aliphatic rings. The van der Waals surface area contributed by atoms with Crippen molar-refractivity contribution in [2.24, 2.45) is 27.8 Å². The van der Waals surface area contributed by atoms with Crippen molar-refractivity contribution in [3.05, 3.63) is 48.6 Å². The quantitative estimate of drug-likeness (QED) is 0.0128. The molecule has 0 aromatic rings. The molecule has 10 N–H and O–H groups in total. The van der Waals surface area contributed by atoms with Gasteiger partial charge in [0.05, 0.1) is 29.8 Å². The summed E-state index contributed by atoms with van der Waals surface area (Å²) in [5.74, 6) is -5.95. The second-order valence-electron chi connectivity index (χ2n) is 14.4. The van der Waals surface area contributed by atoms with Gasteiger partial charge in [-0.1, -0.05) is 69.7 Å². The van der Waals surface area contributed by atoms with Crippen LogP contribution in [0.4, 0.5) is 8.78 Å². The summed E-state index contributed by atoms with van der Waals surface area (Å²) < 4.78 is 41.9. The second kappa shape index (κ2) is 23.9. The maximum absolute atomic E-state index is 15.4. The Morgan fingerprint density at radius 2 is 1.70 bits per heavy atom. The first-order valence-corrected chi connectivity index (χ1v) is 18.4. The maximum atomic E-state index is 15.4. The van der Waals surface area contributed by atoms with Crippen molar-refractivity contribution >= 4 is 23.7 Å². The lowest BCUT2D eigenvalue weighted by molar-refractivity contribution is -0.172. The van der Waals surface area contributed by atoms with Gasteiger partial charge in [-0.25, -0.2) is 13.6 Å². The predicted molar refractivity (Wildman–Crippen MR) is 202 cm³/mol. The third kappa shape index (κ3) is 17.2. The van der Waals surface area contributed by atoms with Crippen LogP contribution in [-0.2, 0) is 23.9 Å². The first-order chi connectivity index (χ1) is 25.2. The number of carbonyl (C=O) groups excluding carboxylic acids is 2. The number of carbonyl (C=O) groups is 3. The first kappa shape index (κ1) is 48.3. The van der Waals surface area contributed by atoms with E-state index >= 15 is 8.78 Å². The van der Waals surface area contributed by atoms with E-state index in [9.17, 15) is 34.8 Å². The molecule has 14 nitrogen and oxygen atoms in total. The van der Waals surface area contributed by atoms with Crippen molar-refractivity contribution in [1.29, 1.82) is 0 Å². The number of halogens is 2. The number of nitrogens with two attached hydrogens (primary N) is 2. The average molecular weight is 772 g/mol. The highest BCUT2D eigenvalue weighted by molar-refractivity contribution is 5.91. The minimum atomic E-state index is -3.39. The molecule has 0 aromatic heterocycles. The van der Waals surface area contributed by atoms with Crippen LogP contribution in [0.3, 0.4) is 0 Å². The number of hydrogen-bond donors (Lipinski definition) is 8. The molecule has 0 radical (unpaired) electrons. The smallest absolute Gasteiger partial charge is 0.326 e. The molecule has 0 spiro atoms. The van der Waals surface area contributed by atoms with Gasteiger partial charge in [0.25, 0.3) is 11.8 Å². The number of aliphatic hydroxyl groups excluding tert-OH is 3. The van der Waals surface area contributed by atoms with Gasteiger partial charge in [-0.3, -0.25) is 14.6 Å². The van der Waals surface area contributed by atoms with Crippen molar-refractivity contribution in [1.82, 2.24) is 10.6 Å². The molecular weight excluding hydrogens is 708 g/mol. The lowest BCUT2D eigenvalue weighted by atomic mass is 9.75. The molecule has 54 heavy (non-hydrogen) atoms. The molecule has 0 bridgehead atoms. The number of unbranched alkanes of at least 4 members (excludes halogenated alkanes) is 2. The molecule has 0 aliphatic carbocycles. The summed E-state index contributed by atoms with van der Waals surface area (Å²) in [6.07, 6.45) is 5.21. The van der Waals surface area contributed by atoms with E-state index < -0.39 is 72.2 Å². The fraction of sp³-hybridized carbons (Fsp3) is 0.684. The van der Waals surface area contributed by atoms with Crippen LogP contribution in [0.2, 0.25) is 0 Å². The standard InChI is InChI=1S/C38H63F2N5O9/c1-24-22-29(54-26(3)25(24)2)33(49)34(50)45-32(53-6)19-20-38(39,40)37(4,5)30(47)23-27(46)16-13-11-9-7-8-10-12-14-18-31(48)44-28(35(51)52)17-15-21-43-36(41)42/h7-8,10,12,14,18,25-30,32-33,46-47,49H,1,9,11,13,15-17,19-23H2,2-6H3,(H,44,48)(H,45,50)(H,51,52)(H4,41,42,43)/b8-7+,12-10+,18-14+/t25?,26-,27?,28+,29?,30?,32+,33+/m1/s1. The molecule has 8 atom stereocenters. The summed E-state index contributed by atoms with van der Waals surface area (Å²) in [6, 6.07) is -1.07. The molecule has 4 unspecified atom stereocenters. The number of aliphatic hydroxyl groups is 3. The second-order valence-corrected chi connectivity index (χ2v) is 14.4. The maximum Gasteiger partial charge on any atom is 0.326 e. The Bertz CT molecular complexity index is 1320. The number of nitrogens with zero attached hydrogens (tertiary/aromatic N) is 1. The summed E-state index contributed by atoms with van der Waals surface area (Å²) in [7, 11) is 1.26.